The van der Waals surface area contributed by atoms with E-state index in [-0.39, 0.29) is 40.7 Å². The first-order valence-electron chi connectivity index (χ1n) is 8.38. The fourth-order valence-corrected chi connectivity index (χ4v) is 2.99. The molecule has 0 saturated heterocycles. The summed E-state index contributed by atoms with van der Waals surface area (Å²) in [6, 6.07) is 9.51. The fraction of sp³-hybridized carbons (Fsp3) is 0.389. The Kier molecular flexibility index (Phi) is 7.68. The molecule has 0 aliphatic carbocycles. The van der Waals surface area contributed by atoms with Crippen LogP contribution < -0.4 is 10.9 Å². The highest BCUT2D eigenvalue weighted by Crippen LogP contribution is 2.17. The Morgan fingerprint density at radius 3 is 2.77 bits per heavy atom. The smallest absolute Gasteiger partial charge is 0.258 e. The van der Waals surface area contributed by atoms with Gasteiger partial charge in [-0.25, -0.2) is 0 Å². The van der Waals surface area contributed by atoms with Crippen molar-refractivity contribution in [3.63, 3.8) is 0 Å². The molecule has 8 heteroatoms. The summed E-state index contributed by atoms with van der Waals surface area (Å²) in [5.74, 6) is -0.430. The number of carbonyl (C=O) groups is 1. The molecule has 2 aromatic rings. The van der Waals surface area contributed by atoms with Gasteiger partial charge in [0.15, 0.2) is 5.16 Å². The summed E-state index contributed by atoms with van der Waals surface area (Å²) in [5, 5.41) is 13.0. The molecule has 0 bridgehead atoms. The molecule has 1 aromatic heterocycles. The standard InChI is InChI=1S/C18H23N3O4S/c1-3-25-10-9-14-16(23)20-18(21-17(14)24)26-11-15(22)19-12(2)13-7-5-4-6-8-13/h4-8,12H,3,9-11H2,1-2H3,(H,19,22)(H2,20,21,23,24)/t12-/m1/s1. The van der Waals surface area contributed by atoms with Gasteiger partial charge in [0.25, 0.3) is 5.56 Å². The van der Waals surface area contributed by atoms with Crippen molar-refractivity contribution in [2.75, 3.05) is 19.0 Å². The van der Waals surface area contributed by atoms with Gasteiger partial charge in [-0.3, -0.25) is 9.59 Å². The van der Waals surface area contributed by atoms with E-state index in [4.69, 9.17) is 4.74 Å². The molecule has 140 valence electrons. The van der Waals surface area contributed by atoms with E-state index in [9.17, 15) is 14.7 Å². The number of ether oxygens (including phenoxy) is 1. The van der Waals surface area contributed by atoms with Gasteiger partial charge in [-0.1, -0.05) is 42.1 Å². The van der Waals surface area contributed by atoms with Crippen LogP contribution in [0.2, 0.25) is 0 Å². The molecule has 0 unspecified atom stereocenters. The number of nitrogens with one attached hydrogen (secondary N) is 2. The molecule has 1 amide bonds. The molecule has 0 radical (unpaired) electrons. The topological polar surface area (TPSA) is 104 Å². The maximum atomic E-state index is 12.1. The highest BCUT2D eigenvalue weighted by atomic mass is 32.2. The number of aromatic amines is 1. The first kappa shape index (κ1) is 20.0. The van der Waals surface area contributed by atoms with Crippen molar-refractivity contribution in [1.82, 2.24) is 15.3 Å². The first-order valence-corrected chi connectivity index (χ1v) is 9.36. The Morgan fingerprint density at radius 1 is 1.38 bits per heavy atom. The Morgan fingerprint density at radius 2 is 2.12 bits per heavy atom. The first-order chi connectivity index (χ1) is 12.5. The number of nitrogens with zero attached hydrogens (tertiary/aromatic N) is 1. The lowest BCUT2D eigenvalue weighted by Gasteiger charge is -2.14. The van der Waals surface area contributed by atoms with Gasteiger partial charge in [0.05, 0.1) is 24.0 Å². The summed E-state index contributed by atoms with van der Waals surface area (Å²) in [7, 11) is 0. The summed E-state index contributed by atoms with van der Waals surface area (Å²) in [4.78, 5) is 30.7. The van der Waals surface area contributed by atoms with Gasteiger partial charge in [-0.2, -0.15) is 4.98 Å². The number of carbonyl (C=O) groups excluding carboxylic acids is 1. The summed E-state index contributed by atoms with van der Waals surface area (Å²) < 4.78 is 5.18. The third-order valence-electron chi connectivity index (χ3n) is 3.69. The van der Waals surface area contributed by atoms with Crippen LogP contribution in [0.15, 0.2) is 40.3 Å². The van der Waals surface area contributed by atoms with Crippen molar-refractivity contribution in [2.45, 2.75) is 31.5 Å². The largest absolute Gasteiger partial charge is 0.493 e. The lowest BCUT2D eigenvalue weighted by atomic mass is 10.1. The zero-order valence-electron chi connectivity index (χ0n) is 14.8. The molecular weight excluding hydrogens is 354 g/mol. The Labute approximate surface area is 156 Å². The van der Waals surface area contributed by atoms with Crippen molar-refractivity contribution in [3.8, 4) is 5.88 Å². The van der Waals surface area contributed by atoms with Gasteiger partial charge in [-0.05, 0) is 19.4 Å². The van der Waals surface area contributed by atoms with E-state index < -0.39 is 5.56 Å². The lowest BCUT2D eigenvalue weighted by molar-refractivity contribution is -0.119. The molecule has 0 fully saturated rings. The second-order valence-electron chi connectivity index (χ2n) is 5.61. The van der Waals surface area contributed by atoms with Crippen LogP contribution in [0.3, 0.4) is 0 Å². The van der Waals surface area contributed by atoms with Gasteiger partial charge in [0, 0.05) is 13.0 Å². The maximum Gasteiger partial charge on any atom is 0.258 e. The quantitative estimate of drug-likeness (QED) is 0.351. The van der Waals surface area contributed by atoms with Crippen LogP contribution in [0.5, 0.6) is 5.88 Å². The predicted molar refractivity (Wildman–Crippen MR) is 100 cm³/mol. The summed E-state index contributed by atoms with van der Waals surface area (Å²) in [5.41, 5.74) is 0.774. The SMILES string of the molecule is CCOCCc1c(O)nc(SCC(=O)N[C@H](C)c2ccccc2)[nH]c1=O. The number of H-pyrrole nitrogens is 1. The molecule has 7 nitrogen and oxygen atoms in total. The van der Waals surface area contributed by atoms with Crippen LogP contribution in [0, 0.1) is 0 Å². The predicted octanol–water partition coefficient (Wildman–Crippen LogP) is 2.02. The zero-order valence-corrected chi connectivity index (χ0v) is 15.6. The highest BCUT2D eigenvalue weighted by Gasteiger charge is 2.13. The minimum Gasteiger partial charge on any atom is -0.493 e. The van der Waals surface area contributed by atoms with Crippen molar-refractivity contribution in [2.24, 2.45) is 0 Å². The van der Waals surface area contributed by atoms with E-state index in [1.807, 2.05) is 44.2 Å². The number of aromatic nitrogens is 2. The minimum atomic E-state index is -0.419. The van der Waals surface area contributed by atoms with Crippen molar-refractivity contribution >= 4 is 17.7 Å². The Bertz CT molecular complexity index is 780. The second-order valence-corrected chi connectivity index (χ2v) is 6.57. The maximum absolute atomic E-state index is 12.1. The van der Waals surface area contributed by atoms with E-state index >= 15 is 0 Å². The number of benzene rings is 1. The van der Waals surface area contributed by atoms with Crippen molar-refractivity contribution < 1.29 is 14.6 Å². The summed E-state index contributed by atoms with van der Waals surface area (Å²) >= 11 is 1.06. The Hall–Kier alpha value is -2.32. The molecule has 0 aliphatic rings. The normalized spacial score (nSPS) is 11.9. The fourth-order valence-electron chi connectivity index (χ4n) is 2.32. The molecule has 0 saturated carbocycles. The number of hydrogen-bond donors (Lipinski definition) is 3. The number of aromatic hydroxyl groups is 1. The van der Waals surface area contributed by atoms with E-state index in [1.165, 1.54) is 0 Å². The molecule has 1 atom stereocenters. The monoisotopic (exact) mass is 377 g/mol. The van der Waals surface area contributed by atoms with Crippen LogP contribution >= 0.6 is 11.8 Å². The third kappa shape index (κ3) is 5.89. The van der Waals surface area contributed by atoms with Crippen LogP contribution in [0.1, 0.15) is 31.0 Å². The molecule has 2 rings (SSSR count). The lowest BCUT2D eigenvalue weighted by Crippen LogP contribution is -2.28. The summed E-state index contributed by atoms with van der Waals surface area (Å²) in [6.45, 7) is 4.63. The van der Waals surface area contributed by atoms with E-state index in [1.54, 1.807) is 0 Å². The average Bonchev–Trinajstić information content (AvgIpc) is 2.63. The average molecular weight is 377 g/mol. The number of rotatable bonds is 9. The third-order valence-corrected chi connectivity index (χ3v) is 4.56. The molecule has 0 spiro atoms. The van der Waals surface area contributed by atoms with Gasteiger partial charge in [0.1, 0.15) is 0 Å². The van der Waals surface area contributed by atoms with Crippen LogP contribution in [-0.2, 0) is 16.0 Å². The number of amides is 1. The van der Waals surface area contributed by atoms with Gasteiger partial charge in [0.2, 0.25) is 11.8 Å². The number of hydrogen-bond acceptors (Lipinski definition) is 6. The van der Waals surface area contributed by atoms with Crippen molar-refractivity contribution in [1.29, 1.82) is 0 Å². The van der Waals surface area contributed by atoms with E-state index in [0.717, 1.165) is 17.3 Å². The molecule has 3 N–H and O–H groups in total. The molecule has 0 aliphatic heterocycles. The van der Waals surface area contributed by atoms with E-state index in [2.05, 4.69) is 15.3 Å². The zero-order chi connectivity index (χ0) is 18.9. The second kappa shape index (κ2) is 9.98. The summed E-state index contributed by atoms with van der Waals surface area (Å²) in [6.07, 6.45) is 0.280. The number of thioether (sulfide) groups is 1. The van der Waals surface area contributed by atoms with Gasteiger partial charge >= 0.3 is 0 Å². The van der Waals surface area contributed by atoms with Crippen LogP contribution in [-0.4, -0.2) is 39.9 Å². The van der Waals surface area contributed by atoms with E-state index in [0.29, 0.717) is 13.2 Å². The van der Waals surface area contributed by atoms with Gasteiger partial charge < -0.3 is 20.1 Å². The molecule has 1 aromatic carbocycles. The van der Waals surface area contributed by atoms with Gasteiger partial charge in [-0.15, -0.1) is 0 Å². The Balaban J connectivity index is 1.90. The highest BCUT2D eigenvalue weighted by molar-refractivity contribution is 7.99. The van der Waals surface area contributed by atoms with Crippen LogP contribution in [0.25, 0.3) is 0 Å². The molecular formula is C18H23N3O4S. The molecule has 26 heavy (non-hydrogen) atoms. The minimum absolute atomic E-state index is 0.0812. The molecule has 1 heterocycles. The van der Waals surface area contributed by atoms with Crippen molar-refractivity contribution in [3.05, 3.63) is 51.8 Å². The van der Waals surface area contributed by atoms with Crippen LogP contribution in [0.4, 0.5) is 0 Å².